The summed E-state index contributed by atoms with van der Waals surface area (Å²) >= 11 is 0. The van der Waals surface area contributed by atoms with E-state index in [2.05, 4.69) is 56.3 Å². The third kappa shape index (κ3) is 2.74. The van der Waals surface area contributed by atoms with Crippen molar-refractivity contribution in [2.45, 2.75) is 19.6 Å². The summed E-state index contributed by atoms with van der Waals surface area (Å²) in [7, 11) is 0. The van der Waals surface area contributed by atoms with E-state index in [1.165, 1.54) is 5.56 Å². The van der Waals surface area contributed by atoms with Gasteiger partial charge in [-0.05, 0) is 36.2 Å². The van der Waals surface area contributed by atoms with Gasteiger partial charge in [0, 0.05) is 11.6 Å². The summed E-state index contributed by atoms with van der Waals surface area (Å²) < 4.78 is 7.91. The van der Waals surface area contributed by atoms with Crippen molar-refractivity contribution in [1.29, 1.82) is 0 Å². The Bertz CT molecular complexity index is 1110. The fourth-order valence-electron chi connectivity index (χ4n) is 3.63. The summed E-state index contributed by atoms with van der Waals surface area (Å²) in [5.41, 5.74) is 4.27. The molecule has 0 amide bonds. The number of aryl methyl sites for hydroxylation is 1. The minimum absolute atomic E-state index is 0.0425. The quantitative estimate of drug-likeness (QED) is 0.600. The number of nitrogens with one attached hydrogen (secondary N) is 1. The molecule has 0 fully saturated rings. The van der Waals surface area contributed by atoms with Gasteiger partial charge in [0.2, 0.25) is 5.95 Å². The molecule has 0 spiro atoms. The number of hydrogen-bond acceptors (Lipinski definition) is 5. The first-order valence-electron chi connectivity index (χ1n) is 8.99. The molecule has 6 heteroatoms. The zero-order valence-electron chi connectivity index (χ0n) is 15.0. The van der Waals surface area contributed by atoms with E-state index in [1.807, 2.05) is 36.5 Å². The second-order valence-corrected chi connectivity index (χ2v) is 6.70. The van der Waals surface area contributed by atoms with Gasteiger partial charge >= 0.3 is 0 Å². The lowest BCUT2D eigenvalue weighted by Crippen LogP contribution is -2.25. The summed E-state index contributed by atoms with van der Waals surface area (Å²) in [5, 5.41) is 13.4. The van der Waals surface area contributed by atoms with E-state index < -0.39 is 0 Å². The number of ether oxygens (including phenoxy) is 1. The van der Waals surface area contributed by atoms with Crippen molar-refractivity contribution in [2.75, 3.05) is 11.9 Å². The van der Waals surface area contributed by atoms with E-state index in [0.717, 1.165) is 33.9 Å². The van der Waals surface area contributed by atoms with Gasteiger partial charge in [-0.15, -0.1) is 10.2 Å². The molecule has 5 rings (SSSR count). The number of rotatable bonds is 3. The molecule has 1 aliphatic heterocycles. The lowest BCUT2D eigenvalue weighted by atomic mass is 10.1. The minimum atomic E-state index is 0.0425. The molecular formula is C21H19N5O. The first-order valence-corrected chi connectivity index (χ1v) is 8.99. The van der Waals surface area contributed by atoms with Crippen molar-refractivity contribution in [2.24, 2.45) is 0 Å². The van der Waals surface area contributed by atoms with Crippen LogP contribution in [0, 0.1) is 6.92 Å². The van der Waals surface area contributed by atoms with E-state index in [4.69, 9.17) is 4.74 Å². The van der Waals surface area contributed by atoms with Gasteiger partial charge in [-0.3, -0.25) is 9.55 Å². The number of benzene rings is 2. The number of hydrogen-bond donors (Lipinski definition) is 1. The van der Waals surface area contributed by atoms with Crippen LogP contribution in [0.5, 0.6) is 0 Å². The second kappa shape index (κ2) is 6.48. The summed E-state index contributed by atoms with van der Waals surface area (Å²) in [4.78, 5) is 4.46. The van der Waals surface area contributed by atoms with Crippen molar-refractivity contribution in [3.8, 4) is 0 Å². The Labute approximate surface area is 156 Å². The smallest absolute Gasteiger partial charge is 0.229 e. The average molecular weight is 357 g/mol. The van der Waals surface area contributed by atoms with Crippen molar-refractivity contribution in [1.82, 2.24) is 19.7 Å². The topological polar surface area (TPSA) is 64.9 Å². The van der Waals surface area contributed by atoms with Crippen LogP contribution < -0.4 is 5.32 Å². The summed E-state index contributed by atoms with van der Waals surface area (Å²) in [6.07, 6.45) is 1.81. The molecule has 0 radical (unpaired) electrons. The minimum Gasteiger partial charge on any atom is -0.371 e. The zero-order chi connectivity index (χ0) is 18.2. The van der Waals surface area contributed by atoms with Gasteiger partial charge in [-0.1, -0.05) is 36.4 Å². The van der Waals surface area contributed by atoms with Gasteiger partial charge in [0.05, 0.1) is 23.9 Å². The number of anilines is 2. The normalized spacial score (nSPS) is 16.3. The van der Waals surface area contributed by atoms with Crippen LogP contribution in [0.2, 0.25) is 0 Å². The molecule has 134 valence electrons. The largest absolute Gasteiger partial charge is 0.371 e. The molecule has 6 nitrogen and oxygen atoms in total. The number of fused-ring (bicyclic) bond motifs is 2. The molecule has 0 saturated carbocycles. The first kappa shape index (κ1) is 16.0. The molecule has 0 saturated heterocycles. The highest BCUT2D eigenvalue weighted by Crippen LogP contribution is 2.32. The van der Waals surface area contributed by atoms with Gasteiger partial charge < -0.3 is 10.1 Å². The Morgan fingerprint density at radius 1 is 1.04 bits per heavy atom. The van der Waals surface area contributed by atoms with Crippen LogP contribution in [0.3, 0.4) is 0 Å². The highest BCUT2D eigenvalue weighted by Gasteiger charge is 2.27. The van der Waals surface area contributed by atoms with E-state index in [0.29, 0.717) is 13.2 Å². The monoisotopic (exact) mass is 357 g/mol. The predicted molar refractivity (Wildman–Crippen MR) is 104 cm³/mol. The third-order valence-electron chi connectivity index (χ3n) is 5.00. The van der Waals surface area contributed by atoms with Crippen molar-refractivity contribution >= 4 is 22.5 Å². The summed E-state index contributed by atoms with van der Waals surface area (Å²) in [6, 6.07) is 18.5. The van der Waals surface area contributed by atoms with Crippen molar-refractivity contribution in [3.05, 3.63) is 77.7 Å². The Hall–Kier alpha value is -3.25. The Balaban J connectivity index is 1.61. The SMILES string of the molecule is Cc1ccc2ncccc2c1Nc1nnc2n1C(c1ccccc1)COC2. The molecule has 4 aromatic rings. The van der Waals surface area contributed by atoms with Crippen molar-refractivity contribution in [3.63, 3.8) is 0 Å². The van der Waals surface area contributed by atoms with Gasteiger partial charge in [0.25, 0.3) is 0 Å². The van der Waals surface area contributed by atoms with Crippen LogP contribution in [0.1, 0.15) is 23.0 Å². The second-order valence-electron chi connectivity index (χ2n) is 6.70. The standard InChI is InChI=1S/C21H19N5O/c1-14-9-10-17-16(8-5-11-22-17)20(14)23-21-25-24-19-13-27-12-18(26(19)21)15-6-3-2-4-7-15/h2-11,18H,12-13H2,1H3,(H,23,25). The average Bonchev–Trinajstić information content (AvgIpc) is 3.14. The first-order chi connectivity index (χ1) is 13.3. The van der Waals surface area contributed by atoms with E-state index in [1.54, 1.807) is 0 Å². The van der Waals surface area contributed by atoms with Gasteiger partial charge in [-0.25, -0.2) is 0 Å². The summed E-state index contributed by atoms with van der Waals surface area (Å²) in [6.45, 7) is 3.15. The maximum Gasteiger partial charge on any atom is 0.229 e. The van der Waals surface area contributed by atoms with E-state index in [9.17, 15) is 0 Å². The fourth-order valence-corrected chi connectivity index (χ4v) is 3.63. The molecule has 1 unspecified atom stereocenters. The molecular weight excluding hydrogens is 338 g/mol. The van der Waals surface area contributed by atoms with E-state index >= 15 is 0 Å². The number of pyridine rings is 1. The predicted octanol–water partition coefficient (Wildman–Crippen LogP) is 4.00. The van der Waals surface area contributed by atoms with Crippen LogP contribution in [-0.2, 0) is 11.3 Å². The number of aromatic nitrogens is 4. The van der Waals surface area contributed by atoms with Crippen LogP contribution in [-0.4, -0.2) is 26.4 Å². The molecule has 2 aromatic carbocycles. The molecule has 1 atom stereocenters. The lowest BCUT2D eigenvalue weighted by molar-refractivity contribution is 0.0670. The Kier molecular flexibility index (Phi) is 3.83. The maximum absolute atomic E-state index is 5.76. The third-order valence-corrected chi connectivity index (χ3v) is 5.00. The number of nitrogens with zero attached hydrogens (tertiary/aromatic N) is 4. The molecule has 0 bridgehead atoms. The van der Waals surface area contributed by atoms with E-state index in [-0.39, 0.29) is 6.04 Å². The molecule has 2 aromatic heterocycles. The van der Waals surface area contributed by atoms with Gasteiger partial charge in [-0.2, -0.15) is 0 Å². The lowest BCUT2D eigenvalue weighted by Gasteiger charge is -2.27. The maximum atomic E-state index is 5.76. The molecule has 3 heterocycles. The molecule has 0 aliphatic carbocycles. The molecule has 27 heavy (non-hydrogen) atoms. The molecule has 1 N–H and O–H groups in total. The van der Waals surface area contributed by atoms with Crippen LogP contribution in [0.15, 0.2) is 60.8 Å². The Morgan fingerprint density at radius 2 is 1.93 bits per heavy atom. The highest BCUT2D eigenvalue weighted by molar-refractivity contribution is 5.94. The Morgan fingerprint density at radius 3 is 2.81 bits per heavy atom. The van der Waals surface area contributed by atoms with Gasteiger partial charge in [0.15, 0.2) is 5.82 Å². The van der Waals surface area contributed by atoms with Crippen molar-refractivity contribution < 1.29 is 4.74 Å². The van der Waals surface area contributed by atoms with Crippen LogP contribution in [0.25, 0.3) is 10.9 Å². The fraction of sp³-hybridized carbons (Fsp3) is 0.190. The van der Waals surface area contributed by atoms with Crippen LogP contribution in [0.4, 0.5) is 11.6 Å². The zero-order valence-corrected chi connectivity index (χ0v) is 15.0. The summed E-state index contributed by atoms with van der Waals surface area (Å²) in [5.74, 6) is 1.55. The molecule has 1 aliphatic rings. The van der Waals surface area contributed by atoms with Gasteiger partial charge in [0.1, 0.15) is 6.61 Å². The van der Waals surface area contributed by atoms with Crippen LogP contribution >= 0.6 is 0 Å². The highest BCUT2D eigenvalue weighted by atomic mass is 16.5.